The average molecular weight is 483 g/mol. The molecule has 0 spiro atoms. The van der Waals surface area contributed by atoms with E-state index in [1.807, 2.05) is 0 Å². The third-order valence-corrected chi connectivity index (χ3v) is 10.6. The second-order valence-electron chi connectivity index (χ2n) is 12.7. The van der Waals surface area contributed by atoms with Crippen molar-refractivity contribution in [3.05, 3.63) is 0 Å². The van der Waals surface area contributed by atoms with Gasteiger partial charge < -0.3 is 25.2 Å². The van der Waals surface area contributed by atoms with Crippen LogP contribution in [0.3, 0.4) is 0 Å². The topological polar surface area (TPSA) is 107 Å². The van der Waals surface area contributed by atoms with E-state index in [2.05, 4.69) is 20.8 Å². The minimum Gasteiger partial charge on any atom is -0.469 e. The predicted molar refractivity (Wildman–Crippen MR) is 132 cm³/mol. The number of ether oxygens (including phenoxy) is 1. The maximum absolute atomic E-state index is 11.7. The number of carbonyl (C=O) groups excluding carboxylic acids is 1. The molecule has 4 aliphatic rings. The first kappa shape index (κ1) is 27.9. The monoisotopic (exact) mass is 482 g/mol. The van der Waals surface area contributed by atoms with E-state index in [4.69, 9.17) is 9.84 Å². The quantitative estimate of drug-likeness (QED) is 0.453. The van der Waals surface area contributed by atoms with Crippen molar-refractivity contribution >= 4 is 5.97 Å². The molecule has 0 saturated heterocycles. The van der Waals surface area contributed by atoms with Crippen LogP contribution in [-0.4, -0.2) is 57.9 Å². The van der Waals surface area contributed by atoms with Crippen molar-refractivity contribution in [3.8, 4) is 0 Å². The number of methoxy groups -OCH3 is 1. The van der Waals surface area contributed by atoms with Crippen molar-refractivity contribution in [1.29, 1.82) is 0 Å². The van der Waals surface area contributed by atoms with Gasteiger partial charge in [-0.25, -0.2) is 0 Å². The van der Waals surface area contributed by atoms with Crippen molar-refractivity contribution in [3.63, 3.8) is 0 Å². The Balaban J connectivity index is 0.000000751. The summed E-state index contributed by atoms with van der Waals surface area (Å²) >= 11 is 0. The lowest BCUT2D eigenvalue weighted by atomic mass is 9.43. The molecule has 0 aromatic heterocycles. The van der Waals surface area contributed by atoms with Gasteiger partial charge in [-0.15, -0.1) is 0 Å². The van der Waals surface area contributed by atoms with Crippen molar-refractivity contribution in [2.24, 2.45) is 46.3 Å². The SMILES string of the molecule is CC(C)O.COC(=O)CC[C@@H](C)[C@H]1CC[C@H]2[C@@H]3[C@H](O)C[C@@H]4C[C@H](O)CC[C@]4(C)[C@H]3C[C@H](O)[C@]12C. The summed E-state index contributed by atoms with van der Waals surface area (Å²) < 4.78 is 4.83. The molecule has 11 atom stereocenters. The first-order valence-electron chi connectivity index (χ1n) is 13.6. The van der Waals surface area contributed by atoms with Crippen LogP contribution >= 0.6 is 0 Å². The Morgan fingerprint density at radius 2 is 1.65 bits per heavy atom. The minimum absolute atomic E-state index is 0.111. The van der Waals surface area contributed by atoms with Crippen molar-refractivity contribution in [2.75, 3.05) is 7.11 Å². The molecular formula is C28H50O6. The van der Waals surface area contributed by atoms with Crippen LogP contribution in [0, 0.1) is 46.3 Å². The number of esters is 1. The van der Waals surface area contributed by atoms with Gasteiger partial charge in [-0.05, 0) is 112 Å². The molecule has 0 aliphatic heterocycles. The molecule has 6 nitrogen and oxygen atoms in total. The summed E-state index contributed by atoms with van der Waals surface area (Å²) in [5.41, 5.74) is -0.0882. The van der Waals surface area contributed by atoms with Crippen LogP contribution in [0.5, 0.6) is 0 Å². The summed E-state index contributed by atoms with van der Waals surface area (Å²) in [4.78, 5) is 11.7. The minimum atomic E-state index is -0.369. The fourth-order valence-corrected chi connectivity index (χ4v) is 8.78. The number of rotatable bonds is 4. The van der Waals surface area contributed by atoms with Gasteiger partial charge in [0.25, 0.3) is 0 Å². The highest BCUT2D eigenvalue weighted by atomic mass is 16.5. The van der Waals surface area contributed by atoms with Crippen LogP contribution < -0.4 is 0 Å². The molecule has 4 saturated carbocycles. The Kier molecular flexibility index (Phi) is 8.81. The molecule has 6 heteroatoms. The fourth-order valence-electron chi connectivity index (χ4n) is 8.78. The molecular weight excluding hydrogens is 432 g/mol. The molecule has 0 unspecified atom stereocenters. The summed E-state index contributed by atoms with van der Waals surface area (Å²) in [6, 6.07) is 0. The summed E-state index contributed by atoms with van der Waals surface area (Å²) in [7, 11) is 1.44. The Morgan fingerprint density at radius 1 is 1.00 bits per heavy atom. The number of fused-ring (bicyclic) bond motifs is 5. The van der Waals surface area contributed by atoms with Crippen LogP contribution in [0.4, 0.5) is 0 Å². The molecule has 0 aromatic rings. The summed E-state index contributed by atoms with van der Waals surface area (Å²) in [5, 5.41) is 41.1. The Bertz CT molecular complexity index is 694. The summed E-state index contributed by atoms with van der Waals surface area (Å²) in [6.45, 7) is 10.3. The molecule has 4 N–H and O–H groups in total. The number of hydrogen-bond donors (Lipinski definition) is 4. The lowest BCUT2D eigenvalue weighted by Crippen LogP contribution is -2.62. The normalized spacial score (nSPS) is 46.4. The van der Waals surface area contributed by atoms with Gasteiger partial charge in [0, 0.05) is 12.5 Å². The zero-order chi connectivity index (χ0) is 25.4. The van der Waals surface area contributed by atoms with Crippen LogP contribution in [-0.2, 0) is 9.53 Å². The highest BCUT2D eigenvalue weighted by Gasteiger charge is 2.65. The van der Waals surface area contributed by atoms with Gasteiger partial charge >= 0.3 is 5.97 Å². The number of hydrogen-bond acceptors (Lipinski definition) is 6. The molecule has 34 heavy (non-hydrogen) atoms. The Morgan fingerprint density at radius 3 is 2.26 bits per heavy atom. The number of carbonyl (C=O) groups is 1. The second kappa shape index (κ2) is 10.7. The predicted octanol–water partition coefficient (Wildman–Crippen LogP) is 3.92. The molecule has 0 heterocycles. The van der Waals surface area contributed by atoms with E-state index >= 15 is 0 Å². The highest BCUT2D eigenvalue weighted by molar-refractivity contribution is 5.69. The lowest BCUT2D eigenvalue weighted by molar-refractivity contribution is -0.207. The van der Waals surface area contributed by atoms with Crippen LogP contribution in [0.15, 0.2) is 0 Å². The van der Waals surface area contributed by atoms with Gasteiger partial charge in [-0.2, -0.15) is 0 Å². The van der Waals surface area contributed by atoms with E-state index in [0.717, 1.165) is 51.4 Å². The first-order chi connectivity index (χ1) is 15.9. The van der Waals surface area contributed by atoms with E-state index in [1.165, 1.54) is 7.11 Å². The number of aliphatic hydroxyl groups is 4. The van der Waals surface area contributed by atoms with Gasteiger partial charge in [-0.1, -0.05) is 20.8 Å². The highest BCUT2D eigenvalue weighted by Crippen LogP contribution is 2.68. The van der Waals surface area contributed by atoms with Crippen molar-refractivity contribution in [2.45, 2.75) is 117 Å². The smallest absolute Gasteiger partial charge is 0.305 e. The zero-order valence-corrected chi connectivity index (χ0v) is 22.2. The Hall–Kier alpha value is -0.690. The van der Waals surface area contributed by atoms with Gasteiger partial charge in [-0.3, -0.25) is 4.79 Å². The van der Waals surface area contributed by atoms with Gasteiger partial charge in [0.2, 0.25) is 0 Å². The third kappa shape index (κ3) is 5.07. The molecule has 198 valence electrons. The first-order valence-corrected chi connectivity index (χ1v) is 13.6. The maximum Gasteiger partial charge on any atom is 0.305 e. The van der Waals surface area contributed by atoms with Crippen LogP contribution in [0.25, 0.3) is 0 Å². The zero-order valence-electron chi connectivity index (χ0n) is 22.2. The summed E-state index contributed by atoms with van der Waals surface area (Å²) in [5.74, 6) is 1.81. The lowest BCUT2D eigenvalue weighted by Gasteiger charge is -2.63. The molecule has 0 bridgehead atoms. The van der Waals surface area contributed by atoms with Gasteiger partial charge in [0.15, 0.2) is 0 Å². The summed E-state index contributed by atoms with van der Waals surface area (Å²) in [6.07, 6.45) is 6.43. The van der Waals surface area contributed by atoms with E-state index in [-0.39, 0.29) is 47.1 Å². The third-order valence-electron chi connectivity index (χ3n) is 10.6. The van der Waals surface area contributed by atoms with E-state index < -0.39 is 0 Å². The van der Waals surface area contributed by atoms with Crippen LogP contribution in [0.1, 0.15) is 92.4 Å². The molecule has 0 amide bonds. The van der Waals surface area contributed by atoms with E-state index in [1.54, 1.807) is 13.8 Å². The largest absolute Gasteiger partial charge is 0.469 e. The van der Waals surface area contributed by atoms with Crippen molar-refractivity contribution in [1.82, 2.24) is 0 Å². The van der Waals surface area contributed by atoms with E-state index in [9.17, 15) is 20.1 Å². The fraction of sp³-hybridized carbons (Fsp3) is 0.964. The maximum atomic E-state index is 11.7. The average Bonchev–Trinajstić information content (AvgIpc) is 3.12. The van der Waals surface area contributed by atoms with Gasteiger partial charge in [0.05, 0.1) is 25.4 Å². The molecule has 4 fully saturated rings. The van der Waals surface area contributed by atoms with E-state index in [0.29, 0.717) is 36.0 Å². The van der Waals surface area contributed by atoms with Gasteiger partial charge in [0.1, 0.15) is 0 Å². The Labute approximate surface area is 206 Å². The second-order valence-corrected chi connectivity index (χ2v) is 12.7. The van der Waals surface area contributed by atoms with Crippen LogP contribution in [0.2, 0.25) is 0 Å². The molecule has 4 aliphatic carbocycles. The number of aliphatic hydroxyl groups excluding tert-OH is 4. The molecule has 4 rings (SSSR count). The molecule has 0 aromatic carbocycles. The standard InChI is InChI=1S/C25H42O5.C3H8O/c1-14(5-8-22(29)30-4)17-6-7-18-23-19(13-21(28)25(17,18)3)24(2)10-9-16(26)11-15(24)12-20(23)27;1-3(2)4/h14-21,23,26-28H,5-13H2,1-4H3;3-4H,1-2H3/t14-,15+,16-,17-,18+,19+,20-,21+,23+,24+,25-;/m1./s1. The molecule has 0 radical (unpaired) electrons. The van der Waals surface area contributed by atoms with Crippen molar-refractivity contribution < 1.29 is 30.0 Å².